The quantitative estimate of drug-likeness (QED) is 0.815. The molecular weight excluding hydrogens is 321 g/mol. The zero-order valence-corrected chi connectivity index (χ0v) is 15.1. The van der Waals surface area contributed by atoms with Gasteiger partial charge in [0.25, 0.3) is 0 Å². The molecule has 1 aliphatic rings. The average Bonchev–Trinajstić information content (AvgIpc) is 2.59. The maximum Gasteiger partial charge on any atom is 0.241 e. The van der Waals surface area contributed by atoms with Crippen molar-refractivity contribution in [3.8, 4) is 0 Å². The number of hydrogen-bond acceptors (Lipinski definition) is 3. The van der Waals surface area contributed by atoms with E-state index in [0.717, 1.165) is 44.5 Å². The Kier molecular flexibility index (Phi) is 7.37. The van der Waals surface area contributed by atoms with Crippen LogP contribution in [-0.2, 0) is 16.0 Å². The molecule has 0 radical (unpaired) electrons. The van der Waals surface area contributed by atoms with Crippen molar-refractivity contribution in [3.05, 3.63) is 35.6 Å². The summed E-state index contributed by atoms with van der Waals surface area (Å²) in [5.74, 6) is 0.00650. The number of likely N-dealkylation sites (N-methyl/N-ethyl adjacent to an activating group) is 1. The summed E-state index contributed by atoms with van der Waals surface area (Å²) in [6.45, 7) is 5.18. The van der Waals surface area contributed by atoms with Crippen molar-refractivity contribution in [1.29, 1.82) is 0 Å². The molecule has 1 aromatic carbocycles. The third-order valence-corrected chi connectivity index (χ3v) is 4.68. The SMILES string of the molecule is CC(=O)NCC(=O)N(C)C[C@@H]1CCCN(CCc2ccc(F)cc2)C1. The number of amides is 2. The second kappa shape index (κ2) is 9.51. The van der Waals surface area contributed by atoms with E-state index in [1.54, 1.807) is 11.9 Å². The molecule has 1 atom stereocenters. The van der Waals surface area contributed by atoms with E-state index in [1.807, 2.05) is 12.1 Å². The first kappa shape index (κ1) is 19.4. The van der Waals surface area contributed by atoms with Crippen LogP contribution < -0.4 is 5.32 Å². The highest BCUT2D eigenvalue weighted by Crippen LogP contribution is 2.18. The maximum atomic E-state index is 13.0. The fourth-order valence-electron chi connectivity index (χ4n) is 3.27. The van der Waals surface area contributed by atoms with Gasteiger partial charge in [0.15, 0.2) is 0 Å². The van der Waals surface area contributed by atoms with E-state index in [1.165, 1.54) is 19.1 Å². The molecule has 2 amide bonds. The fraction of sp³-hybridized carbons (Fsp3) is 0.579. The van der Waals surface area contributed by atoms with Crippen molar-refractivity contribution < 1.29 is 14.0 Å². The van der Waals surface area contributed by atoms with Gasteiger partial charge >= 0.3 is 0 Å². The minimum atomic E-state index is -0.200. The molecule has 0 aliphatic carbocycles. The zero-order chi connectivity index (χ0) is 18.2. The highest BCUT2D eigenvalue weighted by Gasteiger charge is 2.22. The summed E-state index contributed by atoms with van der Waals surface area (Å²) in [4.78, 5) is 27.0. The third-order valence-electron chi connectivity index (χ3n) is 4.68. The number of likely N-dealkylation sites (tertiary alicyclic amines) is 1. The molecule has 1 N–H and O–H groups in total. The first-order valence-corrected chi connectivity index (χ1v) is 8.89. The summed E-state index contributed by atoms with van der Waals surface area (Å²) in [5, 5.41) is 2.55. The summed E-state index contributed by atoms with van der Waals surface area (Å²) in [6, 6.07) is 6.68. The number of carbonyl (C=O) groups is 2. The van der Waals surface area contributed by atoms with Crippen molar-refractivity contribution in [1.82, 2.24) is 15.1 Å². The number of nitrogens with zero attached hydrogens (tertiary/aromatic N) is 2. The summed E-state index contributed by atoms with van der Waals surface area (Å²) < 4.78 is 13.0. The van der Waals surface area contributed by atoms with Crippen LogP contribution in [0.25, 0.3) is 0 Å². The van der Waals surface area contributed by atoms with Crippen LogP contribution in [0.4, 0.5) is 4.39 Å². The van der Waals surface area contributed by atoms with Crippen LogP contribution in [0.5, 0.6) is 0 Å². The molecule has 1 aliphatic heterocycles. The Labute approximate surface area is 149 Å². The van der Waals surface area contributed by atoms with Crippen LogP contribution >= 0.6 is 0 Å². The largest absolute Gasteiger partial charge is 0.347 e. The molecule has 1 aromatic rings. The number of hydrogen-bond donors (Lipinski definition) is 1. The predicted molar refractivity (Wildman–Crippen MR) is 95.6 cm³/mol. The van der Waals surface area contributed by atoms with Crippen molar-refractivity contribution in [3.63, 3.8) is 0 Å². The topological polar surface area (TPSA) is 52.7 Å². The highest BCUT2D eigenvalue weighted by molar-refractivity contribution is 5.83. The average molecular weight is 349 g/mol. The molecule has 1 fully saturated rings. The molecule has 138 valence electrons. The van der Waals surface area contributed by atoms with Gasteiger partial charge in [0.1, 0.15) is 5.82 Å². The van der Waals surface area contributed by atoms with E-state index in [9.17, 15) is 14.0 Å². The Bertz CT molecular complexity index is 577. The normalized spacial score (nSPS) is 18.0. The van der Waals surface area contributed by atoms with Crippen LogP contribution in [0.15, 0.2) is 24.3 Å². The summed E-state index contributed by atoms with van der Waals surface area (Å²) in [6.07, 6.45) is 3.15. The van der Waals surface area contributed by atoms with E-state index in [4.69, 9.17) is 0 Å². The van der Waals surface area contributed by atoms with Gasteiger partial charge in [0.05, 0.1) is 6.54 Å². The Balaban J connectivity index is 1.75. The van der Waals surface area contributed by atoms with Crippen molar-refractivity contribution in [2.24, 2.45) is 5.92 Å². The molecule has 1 saturated heterocycles. The number of benzene rings is 1. The van der Waals surface area contributed by atoms with Gasteiger partial charge in [-0.3, -0.25) is 9.59 Å². The van der Waals surface area contributed by atoms with Crippen LogP contribution in [0, 0.1) is 11.7 Å². The van der Waals surface area contributed by atoms with Gasteiger partial charge in [-0.15, -0.1) is 0 Å². The van der Waals surface area contributed by atoms with E-state index in [2.05, 4.69) is 10.2 Å². The van der Waals surface area contributed by atoms with E-state index in [-0.39, 0.29) is 24.2 Å². The maximum absolute atomic E-state index is 13.0. The lowest BCUT2D eigenvalue weighted by atomic mass is 9.97. The van der Waals surface area contributed by atoms with E-state index in [0.29, 0.717) is 12.5 Å². The van der Waals surface area contributed by atoms with Gasteiger partial charge < -0.3 is 15.1 Å². The lowest BCUT2D eigenvalue weighted by Crippen LogP contribution is -2.44. The number of piperidine rings is 1. The van der Waals surface area contributed by atoms with Crippen LogP contribution in [0.1, 0.15) is 25.3 Å². The summed E-state index contributed by atoms with van der Waals surface area (Å²) >= 11 is 0. The highest BCUT2D eigenvalue weighted by atomic mass is 19.1. The molecule has 2 rings (SSSR count). The summed E-state index contributed by atoms with van der Waals surface area (Å²) in [7, 11) is 1.79. The fourth-order valence-corrected chi connectivity index (χ4v) is 3.27. The predicted octanol–water partition coefficient (Wildman–Crippen LogP) is 1.67. The van der Waals surface area contributed by atoms with Gasteiger partial charge in [-0.1, -0.05) is 12.1 Å². The van der Waals surface area contributed by atoms with Gasteiger partial charge in [-0.2, -0.15) is 0 Å². The monoisotopic (exact) mass is 349 g/mol. The van der Waals surface area contributed by atoms with Gasteiger partial charge in [-0.05, 0) is 49.4 Å². The van der Waals surface area contributed by atoms with Gasteiger partial charge in [-0.25, -0.2) is 4.39 Å². The molecular formula is C19H28FN3O2. The molecule has 0 spiro atoms. The van der Waals surface area contributed by atoms with Crippen LogP contribution in [0.3, 0.4) is 0 Å². The first-order valence-electron chi connectivity index (χ1n) is 8.89. The Morgan fingerprint density at radius 2 is 2.04 bits per heavy atom. The first-order chi connectivity index (χ1) is 11.9. The molecule has 6 heteroatoms. The Hall–Kier alpha value is -1.95. The summed E-state index contributed by atoms with van der Waals surface area (Å²) in [5.41, 5.74) is 1.14. The smallest absolute Gasteiger partial charge is 0.241 e. The number of halogens is 1. The number of nitrogens with one attached hydrogen (secondary N) is 1. The number of carbonyl (C=O) groups excluding carboxylic acids is 2. The second-order valence-corrected chi connectivity index (χ2v) is 6.87. The molecule has 0 bridgehead atoms. The van der Waals surface area contributed by atoms with Crippen molar-refractivity contribution in [2.45, 2.75) is 26.2 Å². The number of rotatable bonds is 7. The lowest BCUT2D eigenvalue weighted by Gasteiger charge is -2.34. The minimum Gasteiger partial charge on any atom is -0.347 e. The second-order valence-electron chi connectivity index (χ2n) is 6.87. The standard InChI is InChI=1S/C19H28FN3O2/c1-15(24)21-12-19(25)22(2)13-17-4-3-10-23(14-17)11-9-16-5-7-18(20)8-6-16/h5-8,17H,3-4,9-14H2,1-2H3,(H,21,24)/t17-/m0/s1. The van der Waals surface area contributed by atoms with Crippen LogP contribution in [0.2, 0.25) is 0 Å². The van der Waals surface area contributed by atoms with Crippen molar-refractivity contribution >= 4 is 11.8 Å². The van der Waals surface area contributed by atoms with Gasteiger partial charge in [0, 0.05) is 33.6 Å². The molecule has 5 nitrogen and oxygen atoms in total. The van der Waals surface area contributed by atoms with Gasteiger partial charge in [0.2, 0.25) is 11.8 Å². The van der Waals surface area contributed by atoms with Crippen molar-refractivity contribution in [2.75, 3.05) is 39.8 Å². The Morgan fingerprint density at radius 1 is 1.32 bits per heavy atom. The Morgan fingerprint density at radius 3 is 2.72 bits per heavy atom. The molecule has 1 heterocycles. The lowest BCUT2D eigenvalue weighted by molar-refractivity contribution is -0.132. The molecule has 0 saturated carbocycles. The zero-order valence-electron chi connectivity index (χ0n) is 15.1. The van der Waals surface area contributed by atoms with E-state index >= 15 is 0 Å². The van der Waals surface area contributed by atoms with E-state index < -0.39 is 0 Å². The molecule has 0 unspecified atom stereocenters. The third kappa shape index (κ3) is 6.82. The van der Waals surface area contributed by atoms with Crippen LogP contribution in [-0.4, -0.2) is 61.4 Å². The molecule has 25 heavy (non-hydrogen) atoms. The molecule has 0 aromatic heterocycles. The minimum absolute atomic E-state index is 0.0568.